The van der Waals surface area contributed by atoms with E-state index in [0.717, 1.165) is 17.8 Å². The number of hydrogen-bond donors (Lipinski definition) is 1. The van der Waals surface area contributed by atoms with E-state index in [-0.39, 0.29) is 5.76 Å². The summed E-state index contributed by atoms with van der Waals surface area (Å²) in [6.07, 6.45) is 0. The molecule has 0 bridgehead atoms. The fourth-order valence-electron chi connectivity index (χ4n) is 2.20. The first-order valence-corrected chi connectivity index (χ1v) is 6.65. The summed E-state index contributed by atoms with van der Waals surface area (Å²) in [6, 6.07) is 9.87. The number of carboxylic acids is 1. The van der Waals surface area contributed by atoms with Crippen LogP contribution in [0.3, 0.4) is 0 Å². The van der Waals surface area contributed by atoms with Crippen LogP contribution in [0.2, 0.25) is 0 Å². The van der Waals surface area contributed by atoms with Crippen molar-refractivity contribution < 1.29 is 14.3 Å². The number of carboxylic acid groups (broad SMARTS) is 1. The molecule has 1 heterocycles. The number of anilines is 1. The lowest BCUT2D eigenvalue weighted by molar-refractivity contribution is 0.0661. The SMILES string of the molecule is CCN(Cc1cc(C(=O)O)oc1C)c1cccc(C)c1. The normalized spacial score (nSPS) is 10.6. The summed E-state index contributed by atoms with van der Waals surface area (Å²) in [5.41, 5.74) is 3.24. The highest BCUT2D eigenvalue weighted by molar-refractivity contribution is 5.84. The van der Waals surface area contributed by atoms with E-state index in [9.17, 15) is 4.79 Å². The molecule has 0 saturated heterocycles. The Morgan fingerprint density at radius 2 is 2.05 bits per heavy atom. The first kappa shape index (κ1) is 14.2. The van der Waals surface area contributed by atoms with Crippen LogP contribution < -0.4 is 4.90 Å². The number of benzene rings is 1. The van der Waals surface area contributed by atoms with Gasteiger partial charge in [0.15, 0.2) is 0 Å². The molecule has 1 aromatic heterocycles. The van der Waals surface area contributed by atoms with Crippen molar-refractivity contribution >= 4 is 11.7 Å². The summed E-state index contributed by atoms with van der Waals surface area (Å²) in [6.45, 7) is 7.42. The molecule has 0 fully saturated rings. The molecule has 2 rings (SSSR count). The van der Waals surface area contributed by atoms with Crippen LogP contribution in [-0.2, 0) is 6.54 Å². The van der Waals surface area contributed by atoms with Gasteiger partial charge in [0.25, 0.3) is 0 Å². The maximum atomic E-state index is 10.9. The largest absolute Gasteiger partial charge is 0.475 e. The van der Waals surface area contributed by atoms with Gasteiger partial charge in [-0.05, 0) is 44.5 Å². The van der Waals surface area contributed by atoms with Gasteiger partial charge in [-0.25, -0.2) is 4.79 Å². The lowest BCUT2D eigenvalue weighted by Gasteiger charge is -2.23. The Kier molecular flexibility index (Phi) is 4.13. The molecule has 0 spiro atoms. The van der Waals surface area contributed by atoms with Crippen molar-refractivity contribution in [2.24, 2.45) is 0 Å². The van der Waals surface area contributed by atoms with Gasteiger partial charge in [-0.3, -0.25) is 0 Å². The molecule has 0 unspecified atom stereocenters. The zero-order valence-corrected chi connectivity index (χ0v) is 12.0. The zero-order valence-electron chi connectivity index (χ0n) is 12.0. The van der Waals surface area contributed by atoms with Crippen molar-refractivity contribution in [3.05, 3.63) is 53.0 Å². The van der Waals surface area contributed by atoms with Crippen molar-refractivity contribution in [3.63, 3.8) is 0 Å². The van der Waals surface area contributed by atoms with Gasteiger partial charge in [-0.15, -0.1) is 0 Å². The number of nitrogens with zero attached hydrogens (tertiary/aromatic N) is 1. The molecule has 4 nitrogen and oxygen atoms in total. The van der Waals surface area contributed by atoms with E-state index in [0.29, 0.717) is 12.3 Å². The third-order valence-corrected chi connectivity index (χ3v) is 3.34. The maximum Gasteiger partial charge on any atom is 0.371 e. The van der Waals surface area contributed by atoms with Crippen LogP contribution in [0.25, 0.3) is 0 Å². The van der Waals surface area contributed by atoms with Crippen LogP contribution in [-0.4, -0.2) is 17.6 Å². The van der Waals surface area contributed by atoms with Crippen LogP contribution in [0.1, 0.15) is 34.4 Å². The average Bonchev–Trinajstić information content (AvgIpc) is 2.77. The highest BCUT2D eigenvalue weighted by atomic mass is 16.4. The van der Waals surface area contributed by atoms with E-state index in [1.165, 1.54) is 5.56 Å². The molecule has 0 aliphatic carbocycles. The topological polar surface area (TPSA) is 53.7 Å². The zero-order chi connectivity index (χ0) is 14.7. The molecule has 1 aromatic carbocycles. The van der Waals surface area contributed by atoms with Crippen LogP contribution in [0.15, 0.2) is 34.7 Å². The Labute approximate surface area is 118 Å². The van der Waals surface area contributed by atoms with Crippen molar-refractivity contribution in [1.82, 2.24) is 0 Å². The van der Waals surface area contributed by atoms with Gasteiger partial charge in [-0.2, -0.15) is 0 Å². The number of aryl methyl sites for hydroxylation is 2. The lowest BCUT2D eigenvalue weighted by atomic mass is 10.1. The van der Waals surface area contributed by atoms with Gasteiger partial charge < -0.3 is 14.4 Å². The summed E-state index contributed by atoms with van der Waals surface area (Å²) in [4.78, 5) is 13.1. The number of rotatable bonds is 5. The smallest absolute Gasteiger partial charge is 0.371 e. The maximum absolute atomic E-state index is 10.9. The summed E-state index contributed by atoms with van der Waals surface area (Å²) >= 11 is 0. The molecule has 20 heavy (non-hydrogen) atoms. The number of carbonyl (C=O) groups is 1. The van der Waals surface area contributed by atoms with E-state index in [4.69, 9.17) is 9.52 Å². The molecule has 0 aliphatic rings. The number of hydrogen-bond acceptors (Lipinski definition) is 3. The van der Waals surface area contributed by atoms with Gasteiger partial charge >= 0.3 is 5.97 Å². The van der Waals surface area contributed by atoms with Crippen LogP contribution in [0, 0.1) is 13.8 Å². The van der Waals surface area contributed by atoms with Crippen LogP contribution >= 0.6 is 0 Å². The van der Waals surface area contributed by atoms with E-state index in [1.54, 1.807) is 13.0 Å². The average molecular weight is 273 g/mol. The summed E-state index contributed by atoms with van der Waals surface area (Å²) < 4.78 is 5.25. The fourth-order valence-corrected chi connectivity index (χ4v) is 2.20. The van der Waals surface area contributed by atoms with Gasteiger partial charge in [-0.1, -0.05) is 12.1 Å². The third-order valence-electron chi connectivity index (χ3n) is 3.34. The molecule has 0 aliphatic heterocycles. The first-order chi connectivity index (χ1) is 9.51. The molecule has 2 aromatic rings. The molecular formula is C16H19NO3. The van der Waals surface area contributed by atoms with Crippen molar-refractivity contribution in [3.8, 4) is 0 Å². The first-order valence-electron chi connectivity index (χ1n) is 6.65. The lowest BCUT2D eigenvalue weighted by Crippen LogP contribution is -2.22. The van der Waals surface area contributed by atoms with Gasteiger partial charge in [0.1, 0.15) is 5.76 Å². The Morgan fingerprint density at radius 1 is 1.30 bits per heavy atom. The molecule has 106 valence electrons. The summed E-state index contributed by atoms with van der Waals surface area (Å²) in [7, 11) is 0. The molecular weight excluding hydrogens is 254 g/mol. The molecule has 0 atom stereocenters. The highest BCUT2D eigenvalue weighted by Crippen LogP contribution is 2.22. The minimum absolute atomic E-state index is 0.00204. The molecule has 0 saturated carbocycles. The van der Waals surface area contributed by atoms with Crippen LogP contribution in [0.5, 0.6) is 0 Å². The predicted molar refractivity (Wildman–Crippen MR) is 78.3 cm³/mol. The van der Waals surface area contributed by atoms with Crippen molar-refractivity contribution in [2.45, 2.75) is 27.3 Å². The fraction of sp³-hybridized carbons (Fsp3) is 0.312. The van der Waals surface area contributed by atoms with E-state index in [1.807, 2.05) is 6.07 Å². The monoisotopic (exact) mass is 273 g/mol. The molecule has 0 radical (unpaired) electrons. The summed E-state index contributed by atoms with van der Waals surface area (Å²) in [5, 5.41) is 8.96. The highest BCUT2D eigenvalue weighted by Gasteiger charge is 2.15. The standard InChI is InChI=1S/C16H19NO3/c1-4-17(14-7-5-6-11(2)8-14)10-13-9-15(16(18)19)20-12(13)3/h5-9H,4,10H2,1-3H3,(H,18,19). The second-order valence-electron chi connectivity index (χ2n) is 4.85. The predicted octanol–water partition coefficient (Wildman–Crippen LogP) is 3.62. The number of aromatic carboxylic acids is 1. The van der Waals surface area contributed by atoms with E-state index in [2.05, 4.69) is 36.9 Å². The Hall–Kier alpha value is -2.23. The Balaban J connectivity index is 2.24. The van der Waals surface area contributed by atoms with Gasteiger partial charge in [0.2, 0.25) is 5.76 Å². The van der Waals surface area contributed by atoms with Crippen molar-refractivity contribution in [2.75, 3.05) is 11.4 Å². The second-order valence-corrected chi connectivity index (χ2v) is 4.85. The molecule has 0 amide bonds. The summed E-state index contributed by atoms with van der Waals surface area (Å²) in [5.74, 6) is -0.371. The minimum atomic E-state index is -1.03. The number of furan rings is 1. The third kappa shape index (κ3) is 3.02. The Morgan fingerprint density at radius 3 is 2.60 bits per heavy atom. The minimum Gasteiger partial charge on any atom is -0.475 e. The second kappa shape index (κ2) is 5.82. The van der Waals surface area contributed by atoms with Crippen molar-refractivity contribution in [1.29, 1.82) is 0 Å². The van der Waals surface area contributed by atoms with E-state index >= 15 is 0 Å². The molecule has 1 N–H and O–H groups in total. The molecule has 4 heteroatoms. The van der Waals surface area contributed by atoms with E-state index < -0.39 is 5.97 Å². The van der Waals surface area contributed by atoms with Crippen LogP contribution in [0.4, 0.5) is 5.69 Å². The van der Waals surface area contributed by atoms with Gasteiger partial charge in [0, 0.05) is 24.3 Å². The quantitative estimate of drug-likeness (QED) is 0.904. The Bertz CT molecular complexity index is 616. The van der Waals surface area contributed by atoms with Gasteiger partial charge in [0.05, 0.1) is 0 Å².